The normalized spacial score (nSPS) is 13.2. The van der Waals surface area contributed by atoms with Crippen LogP contribution in [-0.2, 0) is 4.79 Å². The third-order valence-corrected chi connectivity index (χ3v) is 3.41. The second-order valence-corrected chi connectivity index (χ2v) is 5.07. The molecule has 0 saturated carbocycles. The van der Waals surface area contributed by atoms with Crippen LogP contribution in [0.4, 0.5) is 5.82 Å². The summed E-state index contributed by atoms with van der Waals surface area (Å²) in [6.07, 6.45) is 1.70. The first-order valence-corrected chi connectivity index (χ1v) is 6.79. The van der Waals surface area contributed by atoms with Crippen molar-refractivity contribution in [3.63, 3.8) is 0 Å². The van der Waals surface area contributed by atoms with E-state index in [2.05, 4.69) is 10.3 Å². The summed E-state index contributed by atoms with van der Waals surface area (Å²) >= 11 is 0. The Morgan fingerprint density at radius 1 is 1.14 bits per heavy atom. The van der Waals surface area contributed by atoms with E-state index in [9.17, 15) is 14.4 Å². The summed E-state index contributed by atoms with van der Waals surface area (Å²) in [7, 11) is 0. The van der Waals surface area contributed by atoms with Crippen molar-refractivity contribution in [3.8, 4) is 0 Å². The first-order chi connectivity index (χ1) is 10.6. The number of carbonyl (C=O) groups excluding carboxylic acids is 3. The summed E-state index contributed by atoms with van der Waals surface area (Å²) in [5.41, 5.74) is 1.65. The van der Waals surface area contributed by atoms with Gasteiger partial charge in [0.05, 0.1) is 17.3 Å². The third-order valence-electron chi connectivity index (χ3n) is 3.41. The molecular formula is C16H14N3O3+. The molecule has 110 valence electrons. The zero-order chi connectivity index (χ0) is 15.7. The predicted octanol–water partition coefficient (Wildman–Crippen LogP) is 1.04. The van der Waals surface area contributed by atoms with Crippen LogP contribution >= 0.6 is 0 Å². The van der Waals surface area contributed by atoms with Gasteiger partial charge in [-0.1, -0.05) is 12.1 Å². The van der Waals surface area contributed by atoms with Crippen molar-refractivity contribution in [1.29, 1.82) is 0 Å². The summed E-state index contributed by atoms with van der Waals surface area (Å²) in [4.78, 5) is 40.2. The maximum atomic E-state index is 12.2. The molecule has 1 aromatic heterocycles. The number of aryl methyl sites for hydroxylation is 1. The Labute approximate surface area is 126 Å². The molecular weight excluding hydrogens is 282 g/mol. The number of imide groups is 1. The fourth-order valence-corrected chi connectivity index (χ4v) is 2.37. The van der Waals surface area contributed by atoms with Gasteiger partial charge >= 0.3 is 5.91 Å². The minimum Gasteiger partial charge on any atom is -0.269 e. The Bertz CT molecular complexity index is 751. The number of benzene rings is 1. The van der Waals surface area contributed by atoms with E-state index >= 15 is 0 Å². The van der Waals surface area contributed by atoms with Crippen LogP contribution in [0.15, 0.2) is 42.6 Å². The van der Waals surface area contributed by atoms with Gasteiger partial charge in [-0.15, -0.1) is 0 Å². The molecule has 0 radical (unpaired) electrons. The molecule has 0 saturated heterocycles. The largest absolute Gasteiger partial charge is 0.327 e. The molecule has 0 spiro atoms. The molecule has 0 unspecified atom stereocenters. The molecule has 3 rings (SSSR count). The predicted molar refractivity (Wildman–Crippen MR) is 78.2 cm³/mol. The number of aromatic nitrogens is 1. The molecule has 0 atom stereocenters. The number of hydrogen-bond donors (Lipinski definition) is 1. The van der Waals surface area contributed by atoms with Crippen molar-refractivity contribution < 1.29 is 19.4 Å². The van der Waals surface area contributed by atoms with Crippen LogP contribution in [0.1, 0.15) is 26.3 Å². The van der Waals surface area contributed by atoms with E-state index < -0.39 is 17.7 Å². The molecule has 6 heteroatoms. The van der Waals surface area contributed by atoms with Crippen molar-refractivity contribution in [2.75, 3.05) is 11.9 Å². The number of anilines is 1. The number of amides is 3. The molecule has 0 fully saturated rings. The van der Waals surface area contributed by atoms with Crippen LogP contribution in [0.5, 0.6) is 0 Å². The van der Waals surface area contributed by atoms with Gasteiger partial charge in [0.15, 0.2) is 0 Å². The lowest BCUT2D eigenvalue weighted by Gasteiger charge is -2.10. The molecule has 1 aliphatic rings. The van der Waals surface area contributed by atoms with Gasteiger partial charge < -0.3 is 0 Å². The Morgan fingerprint density at radius 3 is 2.36 bits per heavy atom. The summed E-state index contributed by atoms with van der Waals surface area (Å²) in [6, 6.07) is 10.2. The van der Waals surface area contributed by atoms with E-state index in [-0.39, 0.29) is 6.54 Å². The zero-order valence-corrected chi connectivity index (χ0v) is 11.9. The minimum atomic E-state index is -0.441. The smallest absolute Gasteiger partial charge is 0.269 e. The highest BCUT2D eigenvalue weighted by molar-refractivity contribution is 6.22. The number of pyridine rings is 1. The van der Waals surface area contributed by atoms with Crippen LogP contribution in [0.25, 0.3) is 0 Å². The fourth-order valence-electron chi connectivity index (χ4n) is 2.37. The zero-order valence-electron chi connectivity index (χ0n) is 11.9. The summed E-state index contributed by atoms with van der Waals surface area (Å²) in [5, 5.41) is 2.64. The van der Waals surface area contributed by atoms with E-state index in [0.717, 1.165) is 10.5 Å². The van der Waals surface area contributed by atoms with E-state index in [0.29, 0.717) is 16.9 Å². The Balaban J connectivity index is 1.73. The van der Waals surface area contributed by atoms with E-state index in [1.807, 2.05) is 13.0 Å². The van der Waals surface area contributed by atoms with Crippen LogP contribution in [0.3, 0.4) is 0 Å². The van der Waals surface area contributed by atoms with Crippen molar-refractivity contribution in [3.05, 3.63) is 59.3 Å². The molecule has 2 N–H and O–H groups in total. The quantitative estimate of drug-likeness (QED) is 0.859. The third kappa shape index (κ3) is 2.46. The fraction of sp³-hybridized carbons (Fsp3) is 0.125. The van der Waals surface area contributed by atoms with Crippen LogP contribution < -0.4 is 10.3 Å². The lowest BCUT2D eigenvalue weighted by atomic mass is 10.1. The highest BCUT2D eigenvalue weighted by atomic mass is 16.2. The van der Waals surface area contributed by atoms with Gasteiger partial charge in [0.2, 0.25) is 0 Å². The molecule has 22 heavy (non-hydrogen) atoms. The van der Waals surface area contributed by atoms with Crippen LogP contribution in [0.2, 0.25) is 0 Å². The molecule has 0 bridgehead atoms. The second kappa shape index (κ2) is 5.40. The number of aromatic amines is 1. The van der Waals surface area contributed by atoms with Crippen LogP contribution in [-0.4, -0.2) is 29.2 Å². The highest BCUT2D eigenvalue weighted by Gasteiger charge is 2.37. The van der Waals surface area contributed by atoms with E-state index in [1.165, 1.54) is 0 Å². The van der Waals surface area contributed by atoms with Crippen LogP contribution in [0, 0.1) is 6.92 Å². The summed E-state index contributed by atoms with van der Waals surface area (Å²) < 4.78 is 0. The van der Waals surface area contributed by atoms with E-state index in [1.54, 1.807) is 36.5 Å². The number of H-pyrrole nitrogens is 1. The van der Waals surface area contributed by atoms with E-state index in [4.69, 9.17) is 0 Å². The molecule has 2 heterocycles. The molecule has 1 aliphatic heterocycles. The maximum absolute atomic E-state index is 12.2. The number of carbonyl (C=O) groups is 3. The van der Waals surface area contributed by atoms with Gasteiger partial charge in [0.1, 0.15) is 6.54 Å². The van der Waals surface area contributed by atoms with Gasteiger partial charge in [-0.05, 0) is 30.7 Å². The average Bonchev–Trinajstić information content (AvgIpc) is 2.73. The molecule has 1 aromatic carbocycles. The molecule has 2 aromatic rings. The average molecular weight is 296 g/mol. The first kappa shape index (κ1) is 13.9. The topological polar surface area (TPSA) is 80.6 Å². The Morgan fingerprint density at radius 2 is 1.77 bits per heavy atom. The van der Waals surface area contributed by atoms with Gasteiger partial charge in [0.25, 0.3) is 17.6 Å². The number of nitrogens with zero attached hydrogens (tertiary/aromatic N) is 1. The minimum absolute atomic E-state index is 0.311. The number of hydrogen-bond acceptors (Lipinski definition) is 3. The highest BCUT2D eigenvalue weighted by Crippen LogP contribution is 2.22. The lowest BCUT2D eigenvalue weighted by Crippen LogP contribution is -2.38. The van der Waals surface area contributed by atoms with Gasteiger partial charge in [-0.3, -0.25) is 14.5 Å². The second-order valence-electron chi connectivity index (χ2n) is 5.07. The Hall–Kier alpha value is -3.02. The van der Waals surface area contributed by atoms with Crippen molar-refractivity contribution >= 4 is 23.5 Å². The molecule has 6 nitrogen and oxygen atoms in total. The van der Waals surface area contributed by atoms with Gasteiger partial charge in [-0.2, -0.15) is 0 Å². The van der Waals surface area contributed by atoms with Gasteiger partial charge in [-0.25, -0.2) is 15.1 Å². The summed E-state index contributed by atoms with van der Waals surface area (Å²) in [6.45, 7) is 1.59. The summed E-state index contributed by atoms with van der Waals surface area (Å²) in [5.74, 6) is -0.800. The lowest BCUT2D eigenvalue weighted by molar-refractivity contribution is -0.360. The SMILES string of the molecule is Cc1cc[nH+]c(NC(=O)CN2C(=O)c3ccccc3C2=O)c1. The monoisotopic (exact) mass is 296 g/mol. The standard InChI is InChI=1S/C16H13N3O3/c1-10-6-7-17-13(8-10)18-14(20)9-19-15(21)11-4-2-3-5-12(11)16(19)22/h2-8H,9H2,1H3,(H,17,18,20)/p+1. The van der Waals surface area contributed by atoms with Crippen molar-refractivity contribution in [2.45, 2.75) is 6.92 Å². The molecule has 0 aliphatic carbocycles. The van der Waals surface area contributed by atoms with Crippen molar-refractivity contribution in [2.24, 2.45) is 0 Å². The maximum Gasteiger partial charge on any atom is 0.327 e. The number of nitrogens with one attached hydrogen (secondary N) is 2. The first-order valence-electron chi connectivity index (χ1n) is 6.79. The molecule has 3 amide bonds. The Kier molecular flexibility index (Phi) is 3.42. The van der Waals surface area contributed by atoms with Crippen molar-refractivity contribution in [1.82, 2.24) is 4.90 Å². The number of fused-ring (bicyclic) bond motifs is 1. The number of rotatable bonds is 3. The van der Waals surface area contributed by atoms with Gasteiger partial charge in [0, 0.05) is 6.07 Å².